The number of allylic oxidation sites excluding steroid dienone is 1. The number of para-hydroxylation sites is 1. The molecule has 0 saturated carbocycles. The molecule has 0 bridgehead atoms. The van der Waals surface area contributed by atoms with Crippen LogP contribution in [0.3, 0.4) is 0 Å². The van der Waals surface area contributed by atoms with E-state index < -0.39 is 10.8 Å². The predicted molar refractivity (Wildman–Crippen MR) is 82.3 cm³/mol. The van der Waals surface area contributed by atoms with Gasteiger partial charge >= 0.3 is 0 Å². The van der Waals surface area contributed by atoms with Gasteiger partial charge in [0.05, 0.1) is 10.5 Å². The van der Waals surface area contributed by atoms with E-state index in [4.69, 9.17) is 0 Å². The zero-order chi connectivity index (χ0) is 15.8. The van der Waals surface area contributed by atoms with Crippen LogP contribution in [0.1, 0.15) is 16.1 Å². The number of hydrogen-bond acceptors (Lipinski definition) is 5. The first-order chi connectivity index (χ1) is 10.7. The summed E-state index contributed by atoms with van der Waals surface area (Å²) in [6, 6.07) is 11.3. The van der Waals surface area contributed by atoms with Gasteiger partial charge < -0.3 is 0 Å². The molecule has 7 nitrogen and oxygen atoms in total. The minimum atomic E-state index is -0.459. The molecule has 0 unspecified atom stereocenters. The Kier molecular flexibility index (Phi) is 5.09. The number of aromatic nitrogens is 1. The minimum Gasteiger partial charge on any atom is -0.266 e. The van der Waals surface area contributed by atoms with E-state index in [9.17, 15) is 14.9 Å². The molecule has 1 amide bonds. The Morgan fingerprint density at radius 2 is 2.00 bits per heavy atom. The number of carbonyl (C=O) groups is 1. The summed E-state index contributed by atoms with van der Waals surface area (Å²) in [5.41, 5.74) is 3.02. The third-order valence-electron chi connectivity index (χ3n) is 2.63. The largest absolute Gasteiger partial charge is 0.289 e. The van der Waals surface area contributed by atoms with E-state index in [1.54, 1.807) is 36.4 Å². The van der Waals surface area contributed by atoms with Crippen LogP contribution in [-0.4, -0.2) is 22.0 Å². The number of carbonyl (C=O) groups excluding carboxylic acids is 1. The van der Waals surface area contributed by atoms with Crippen molar-refractivity contribution in [1.82, 2.24) is 10.4 Å². The van der Waals surface area contributed by atoms with Gasteiger partial charge in [0, 0.05) is 18.5 Å². The van der Waals surface area contributed by atoms with Crippen molar-refractivity contribution < 1.29 is 9.72 Å². The molecule has 0 atom stereocenters. The molecule has 1 aromatic heterocycles. The van der Waals surface area contributed by atoms with E-state index >= 15 is 0 Å². The van der Waals surface area contributed by atoms with Crippen LogP contribution in [0.25, 0.3) is 6.08 Å². The Morgan fingerprint density at radius 1 is 1.23 bits per heavy atom. The third-order valence-corrected chi connectivity index (χ3v) is 2.63. The van der Waals surface area contributed by atoms with Crippen LogP contribution in [-0.2, 0) is 0 Å². The molecule has 1 heterocycles. The number of hydrazone groups is 1. The van der Waals surface area contributed by atoms with Crippen LogP contribution >= 0.6 is 0 Å². The minimum absolute atomic E-state index is 0.00433. The molecular formula is C15H12N4O3. The third kappa shape index (κ3) is 4.07. The molecule has 0 fully saturated rings. The van der Waals surface area contributed by atoms with Crippen LogP contribution < -0.4 is 5.43 Å². The van der Waals surface area contributed by atoms with Gasteiger partial charge in [-0.2, -0.15) is 5.10 Å². The smallest absolute Gasteiger partial charge is 0.266 e. The SMILES string of the molecule is O=C(NN=CC=Cc1ccccc1[N+](=O)[O-])c1ccccn1. The highest BCUT2D eigenvalue weighted by atomic mass is 16.6. The maximum atomic E-state index is 11.6. The van der Waals surface area contributed by atoms with Crippen molar-refractivity contribution in [1.29, 1.82) is 0 Å². The highest BCUT2D eigenvalue weighted by Gasteiger charge is 2.08. The van der Waals surface area contributed by atoms with Gasteiger partial charge in [-0.05, 0) is 30.4 Å². The number of pyridine rings is 1. The monoisotopic (exact) mass is 296 g/mol. The number of amides is 1. The normalized spacial score (nSPS) is 10.9. The van der Waals surface area contributed by atoms with Gasteiger partial charge in [-0.1, -0.05) is 18.2 Å². The summed E-state index contributed by atoms with van der Waals surface area (Å²) in [6.45, 7) is 0. The second-order valence-electron chi connectivity index (χ2n) is 4.11. The van der Waals surface area contributed by atoms with E-state index in [2.05, 4.69) is 15.5 Å². The summed E-state index contributed by atoms with van der Waals surface area (Å²) < 4.78 is 0. The molecule has 0 radical (unpaired) electrons. The van der Waals surface area contributed by atoms with E-state index in [1.165, 1.54) is 30.6 Å². The summed E-state index contributed by atoms with van der Waals surface area (Å²) in [5, 5.41) is 14.5. The molecule has 1 N–H and O–H groups in total. The summed E-state index contributed by atoms with van der Waals surface area (Å²) >= 11 is 0. The maximum absolute atomic E-state index is 11.6. The molecule has 0 aliphatic carbocycles. The molecule has 1 aromatic carbocycles. The lowest BCUT2D eigenvalue weighted by molar-refractivity contribution is -0.385. The average Bonchev–Trinajstić information content (AvgIpc) is 2.55. The van der Waals surface area contributed by atoms with E-state index in [0.29, 0.717) is 5.56 Å². The zero-order valence-electron chi connectivity index (χ0n) is 11.4. The first-order valence-electron chi connectivity index (χ1n) is 6.33. The Labute approximate surface area is 126 Å². The number of benzene rings is 1. The van der Waals surface area contributed by atoms with Crippen LogP contribution in [0, 0.1) is 10.1 Å². The molecule has 0 aliphatic rings. The fourth-order valence-corrected chi connectivity index (χ4v) is 1.63. The van der Waals surface area contributed by atoms with Gasteiger partial charge in [-0.25, -0.2) is 5.43 Å². The lowest BCUT2D eigenvalue weighted by atomic mass is 10.2. The van der Waals surface area contributed by atoms with Crippen molar-refractivity contribution in [2.24, 2.45) is 5.10 Å². The fraction of sp³-hybridized carbons (Fsp3) is 0. The highest BCUT2D eigenvalue weighted by Crippen LogP contribution is 2.18. The average molecular weight is 296 g/mol. The molecule has 0 aliphatic heterocycles. The summed E-state index contributed by atoms with van der Waals surface area (Å²) in [4.78, 5) is 25.9. The molecule has 0 saturated heterocycles. The van der Waals surface area contributed by atoms with E-state index in [0.717, 1.165) is 0 Å². The van der Waals surface area contributed by atoms with Crippen molar-refractivity contribution in [2.75, 3.05) is 0 Å². The number of nitrogens with zero attached hydrogens (tertiary/aromatic N) is 3. The quantitative estimate of drug-likeness (QED) is 0.520. The molecule has 0 spiro atoms. The Bertz CT molecular complexity index is 727. The van der Waals surface area contributed by atoms with Crippen LogP contribution in [0.4, 0.5) is 5.69 Å². The summed E-state index contributed by atoms with van der Waals surface area (Å²) in [6.07, 6.45) is 5.88. The molecule has 110 valence electrons. The van der Waals surface area contributed by atoms with Crippen molar-refractivity contribution in [3.8, 4) is 0 Å². The standard InChI is InChI=1S/C15H12N4O3/c20-15(13-8-3-4-10-16-13)18-17-11-5-7-12-6-1-2-9-14(12)19(21)22/h1-11H,(H,18,20). The van der Waals surface area contributed by atoms with Gasteiger partial charge in [0.25, 0.3) is 11.6 Å². The van der Waals surface area contributed by atoms with Crippen LogP contribution in [0.2, 0.25) is 0 Å². The molecule has 22 heavy (non-hydrogen) atoms. The Hall–Kier alpha value is -3.35. The van der Waals surface area contributed by atoms with Crippen molar-refractivity contribution >= 4 is 23.9 Å². The molecular weight excluding hydrogens is 284 g/mol. The summed E-state index contributed by atoms with van der Waals surface area (Å²) in [7, 11) is 0. The maximum Gasteiger partial charge on any atom is 0.289 e. The van der Waals surface area contributed by atoms with Gasteiger partial charge in [0.2, 0.25) is 0 Å². The Morgan fingerprint density at radius 3 is 2.73 bits per heavy atom. The number of nitro groups is 1. The van der Waals surface area contributed by atoms with Gasteiger partial charge in [-0.15, -0.1) is 0 Å². The zero-order valence-corrected chi connectivity index (χ0v) is 11.4. The lowest BCUT2D eigenvalue weighted by Gasteiger charge is -1.97. The van der Waals surface area contributed by atoms with Gasteiger partial charge in [-0.3, -0.25) is 19.9 Å². The second kappa shape index (κ2) is 7.44. The first-order valence-corrected chi connectivity index (χ1v) is 6.33. The number of nitrogens with one attached hydrogen (secondary N) is 1. The van der Waals surface area contributed by atoms with Gasteiger partial charge in [0.15, 0.2) is 0 Å². The first kappa shape index (κ1) is 15.0. The Balaban J connectivity index is 1.96. The van der Waals surface area contributed by atoms with Crippen LogP contribution in [0.5, 0.6) is 0 Å². The fourth-order valence-electron chi connectivity index (χ4n) is 1.63. The predicted octanol–water partition coefficient (Wildman–Crippen LogP) is 2.42. The number of rotatable bonds is 5. The van der Waals surface area contributed by atoms with Crippen LogP contribution in [0.15, 0.2) is 59.8 Å². The molecule has 2 aromatic rings. The topological polar surface area (TPSA) is 97.5 Å². The number of hydrogen-bond donors (Lipinski definition) is 1. The molecule has 2 rings (SSSR count). The molecule has 7 heteroatoms. The van der Waals surface area contributed by atoms with Crippen molar-refractivity contribution in [3.63, 3.8) is 0 Å². The van der Waals surface area contributed by atoms with E-state index in [1.807, 2.05) is 0 Å². The summed E-state index contributed by atoms with van der Waals surface area (Å²) in [5.74, 6) is -0.434. The lowest BCUT2D eigenvalue weighted by Crippen LogP contribution is -2.18. The second-order valence-corrected chi connectivity index (χ2v) is 4.11. The number of nitro benzene ring substituents is 1. The van der Waals surface area contributed by atoms with E-state index in [-0.39, 0.29) is 11.4 Å². The highest BCUT2D eigenvalue weighted by molar-refractivity contribution is 5.92. The van der Waals surface area contributed by atoms with Gasteiger partial charge in [0.1, 0.15) is 5.69 Å². The van der Waals surface area contributed by atoms with Crippen molar-refractivity contribution in [2.45, 2.75) is 0 Å². The van der Waals surface area contributed by atoms with Crippen molar-refractivity contribution in [3.05, 3.63) is 76.1 Å².